The number of carbonyl (C=O) groups excluding carboxylic acids is 1. The monoisotopic (exact) mass is 413 g/mol. The van der Waals surface area contributed by atoms with Crippen molar-refractivity contribution in [3.8, 4) is 11.5 Å². The number of nitrogens with one attached hydrogen (secondary N) is 1. The second kappa shape index (κ2) is 9.87. The van der Waals surface area contributed by atoms with Gasteiger partial charge in [-0.05, 0) is 42.3 Å². The molecule has 7 nitrogen and oxygen atoms in total. The number of fused-ring (bicyclic) bond motifs is 1. The van der Waals surface area contributed by atoms with Crippen LogP contribution in [0, 0.1) is 5.82 Å². The van der Waals surface area contributed by atoms with Gasteiger partial charge in [0.1, 0.15) is 12.4 Å². The van der Waals surface area contributed by atoms with Gasteiger partial charge in [0, 0.05) is 6.54 Å². The summed E-state index contributed by atoms with van der Waals surface area (Å²) in [5.74, 6) is 0.355. The van der Waals surface area contributed by atoms with Gasteiger partial charge in [-0.25, -0.2) is 9.37 Å². The molecule has 0 spiro atoms. The Bertz CT molecular complexity index is 1100. The Balaban J connectivity index is 1.64. The molecular formula is C22H24FN3O4. The third-order valence-electron chi connectivity index (χ3n) is 4.57. The summed E-state index contributed by atoms with van der Waals surface area (Å²) in [6, 6.07) is 9.24. The van der Waals surface area contributed by atoms with E-state index in [-0.39, 0.29) is 24.4 Å². The fraction of sp³-hybridized carbons (Fsp3) is 0.318. The van der Waals surface area contributed by atoms with Crippen LogP contribution in [-0.4, -0.2) is 29.2 Å². The normalized spacial score (nSPS) is 10.8. The summed E-state index contributed by atoms with van der Waals surface area (Å²) in [6.45, 7) is 2.75. The largest absolute Gasteiger partial charge is 0.493 e. The van der Waals surface area contributed by atoms with Crippen molar-refractivity contribution in [3.63, 3.8) is 0 Å². The smallest absolute Gasteiger partial charge is 0.261 e. The molecule has 0 saturated carbocycles. The van der Waals surface area contributed by atoms with Gasteiger partial charge in [-0.2, -0.15) is 0 Å². The van der Waals surface area contributed by atoms with Gasteiger partial charge in [-0.3, -0.25) is 14.2 Å². The van der Waals surface area contributed by atoms with Crippen molar-refractivity contribution in [1.29, 1.82) is 0 Å². The van der Waals surface area contributed by atoms with Crippen LogP contribution in [-0.2, 0) is 17.9 Å². The average molecular weight is 413 g/mol. The second-order valence-electron chi connectivity index (χ2n) is 6.80. The van der Waals surface area contributed by atoms with Crippen LogP contribution in [0.25, 0.3) is 10.9 Å². The van der Waals surface area contributed by atoms with Crippen LogP contribution in [0.4, 0.5) is 4.39 Å². The number of ether oxygens (including phenoxy) is 2. The molecule has 1 heterocycles. The first kappa shape index (κ1) is 21.3. The van der Waals surface area contributed by atoms with Crippen molar-refractivity contribution < 1.29 is 18.7 Å². The van der Waals surface area contributed by atoms with Gasteiger partial charge >= 0.3 is 0 Å². The van der Waals surface area contributed by atoms with E-state index in [2.05, 4.69) is 17.2 Å². The molecule has 0 unspecified atom stereocenters. The number of rotatable bonds is 9. The van der Waals surface area contributed by atoms with E-state index >= 15 is 0 Å². The van der Waals surface area contributed by atoms with Crippen LogP contribution in [0.15, 0.2) is 47.5 Å². The first-order valence-electron chi connectivity index (χ1n) is 9.73. The Morgan fingerprint density at radius 1 is 1.20 bits per heavy atom. The molecule has 2 aromatic carbocycles. The van der Waals surface area contributed by atoms with Crippen molar-refractivity contribution in [2.45, 2.75) is 32.9 Å². The molecule has 1 amide bonds. The fourth-order valence-corrected chi connectivity index (χ4v) is 2.92. The Morgan fingerprint density at radius 3 is 2.80 bits per heavy atom. The molecule has 0 aliphatic rings. The molecule has 0 saturated heterocycles. The number of unbranched alkanes of at least 4 members (excludes halogenated alkanes) is 1. The number of halogens is 1. The summed E-state index contributed by atoms with van der Waals surface area (Å²) >= 11 is 0. The highest BCUT2D eigenvalue weighted by molar-refractivity contribution is 5.79. The lowest BCUT2D eigenvalue weighted by Crippen LogP contribution is -2.32. The average Bonchev–Trinajstić information content (AvgIpc) is 2.75. The van der Waals surface area contributed by atoms with E-state index in [1.807, 2.05) is 12.1 Å². The van der Waals surface area contributed by atoms with E-state index in [4.69, 9.17) is 9.47 Å². The van der Waals surface area contributed by atoms with Gasteiger partial charge in [0.05, 0.1) is 30.9 Å². The van der Waals surface area contributed by atoms with Gasteiger partial charge in [0.2, 0.25) is 5.91 Å². The van der Waals surface area contributed by atoms with Crippen molar-refractivity contribution in [3.05, 3.63) is 64.5 Å². The molecule has 3 rings (SSSR count). The molecule has 1 aromatic heterocycles. The summed E-state index contributed by atoms with van der Waals surface area (Å²) in [7, 11) is 1.56. The molecule has 0 bridgehead atoms. The van der Waals surface area contributed by atoms with E-state index in [9.17, 15) is 14.0 Å². The zero-order valence-electron chi connectivity index (χ0n) is 17.0. The molecule has 0 atom stereocenters. The highest BCUT2D eigenvalue weighted by Gasteiger charge is 2.10. The van der Waals surface area contributed by atoms with E-state index in [1.165, 1.54) is 18.5 Å². The maximum absolute atomic E-state index is 13.4. The third kappa shape index (κ3) is 5.14. The fourth-order valence-electron chi connectivity index (χ4n) is 2.92. The lowest BCUT2D eigenvalue weighted by atomic mass is 10.2. The van der Waals surface area contributed by atoms with Gasteiger partial charge in [0.15, 0.2) is 11.5 Å². The van der Waals surface area contributed by atoms with E-state index in [1.54, 1.807) is 13.2 Å². The number of carbonyl (C=O) groups is 1. The SMILES string of the molecule is CCCCOc1ccc(CNC(=O)Cn2cnc3ccc(F)cc3c2=O)cc1OC. The number of methoxy groups -OCH3 is 1. The first-order valence-corrected chi connectivity index (χ1v) is 9.73. The molecule has 0 fully saturated rings. The number of hydrogen-bond donors (Lipinski definition) is 1. The molecule has 0 aliphatic heterocycles. The topological polar surface area (TPSA) is 82.5 Å². The van der Waals surface area contributed by atoms with Crippen molar-refractivity contribution in [1.82, 2.24) is 14.9 Å². The summed E-state index contributed by atoms with van der Waals surface area (Å²) in [5, 5.41) is 2.89. The van der Waals surface area contributed by atoms with Crippen LogP contribution >= 0.6 is 0 Å². The van der Waals surface area contributed by atoms with Gasteiger partial charge < -0.3 is 14.8 Å². The van der Waals surface area contributed by atoms with Gasteiger partial charge in [0.25, 0.3) is 5.56 Å². The predicted molar refractivity (Wildman–Crippen MR) is 111 cm³/mol. The minimum atomic E-state index is -0.528. The Labute approximate surface area is 173 Å². The molecule has 0 aliphatic carbocycles. The standard InChI is InChI=1S/C22H24FN3O4/c1-3-4-9-30-19-8-5-15(10-20(19)29-2)12-24-21(27)13-26-14-25-18-7-6-16(23)11-17(18)22(26)28/h5-8,10-11,14H,3-4,9,12-13H2,1-2H3,(H,24,27). The van der Waals surface area contributed by atoms with Crippen molar-refractivity contribution in [2.75, 3.05) is 13.7 Å². The maximum Gasteiger partial charge on any atom is 0.261 e. The highest BCUT2D eigenvalue weighted by Crippen LogP contribution is 2.28. The number of hydrogen-bond acceptors (Lipinski definition) is 5. The minimum absolute atomic E-state index is 0.133. The first-order chi connectivity index (χ1) is 14.5. The molecule has 8 heteroatoms. The summed E-state index contributed by atoms with van der Waals surface area (Å²) in [6.07, 6.45) is 3.28. The zero-order chi connectivity index (χ0) is 21.5. The van der Waals surface area contributed by atoms with E-state index in [0.717, 1.165) is 29.0 Å². The Kier molecular flexibility index (Phi) is 7.00. The van der Waals surface area contributed by atoms with Crippen LogP contribution in [0.2, 0.25) is 0 Å². The lowest BCUT2D eigenvalue weighted by molar-refractivity contribution is -0.121. The number of amides is 1. The molecule has 3 aromatic rings. The summed E-state index contributed by atoms with van der Waals surface area (Å²) < 4.78 is 25.6. The van der Waals surface area contributed by atoms with Crippen molar-refractivity contribution in [2.24, 2.45) is 0 Å². The highest BCUT2D eigenvalue weighted by atomic mass is 19.1. The van der Waals surface area contributed by atoms with Gasteiger partial charge in [-0.15, -0.1) is 0 Å². The van der Waals surface area contributed by atoms with E-state index < -0.39 is 11.4 Å². The number of nitrogens with zero attached hydrogens (tertiary/aromatic N) is 2. The van der Waals surface area contributed by atoms with E-state index in [0.29, 0.717) is 23.6 Å². The molecule has 1 N–H and O–H groups in total. The molecule has 158 valence electrons. The summed E-state index contributed by atoms with van der Waals surface area (Å²) in [5.41, 5.74) is 0.741. The third-order valence-corrected chi connectivity index (χ3v) is 4.57. The van der Waals surface area contributed by atoms with Gasteiger partial charge in [-0.1, -0.05) is 19.4 Å². The quantitative estimate of drug-likeness (QED) is 0.545. The second-order valence-corrected chi connectivity index (χ2v) is 6.80. The van der Waals surface area contributed by atoms with Crippen LogP contribution < -0.4 is 20.3 Å². The predicted octanol–water partition coefficient (Wildman–Crippen LogP) is 3.04. The van der Waals surface area contributed by atoms with Crippen LogP contribution in [0.1, 0.15) is 25.3 Å². The Morgan fingerprint density at radius 2 is 2.03 bits per heavy atom. The van der Waals surface area contributed by atoms with Crippen LogP contribution in [0.3, 0.4) is 0 Å². The molecular weight excluding hydrogens is 389 g/mol. The number of benzene rings is 2. The van der Waals surface area contributed by atoms with Crippen molar-refractivity contribution >= 4 is 16.8 Å². The zero-order valence-corrected chi connectivity index (χ0v) is 17.0. The molecule has 0 radical (unpaired) electrons. The van der Waals surface area contributed by atoms with Crippen LogP contribution in [0.5, 0.6) is 11.5 Å². The maximum atomic E-state index is 13.4. The summed E-state index contributed by atoms with van der Waals surface area (Å²) in [4.78, 5) is 28.9. The number of aromatic nitrogens is 2. The molecule has 30 heavy (non-hydrogen) atoms. The lowest BCUT2D eigenvalue weighted by Gasteiger charge is -2.13. The minimum Gasteiger partial charge on any atom is -0.493 e. The Hall–Kier alpha value is -3.42.